The van der Waals surface area contributed by atoms with Crippen molar-refractivity contribution in [2.75, 3.05) is 5.32 Å². The molecule has 1 aliphatic rings. The predicted molar refractivity (Wildman–Crippen MR) is 118 cm³/mol. The third-order valence-corrected chi connectivity index (χ3v) is 6.93. The summed E-state index contributed by atoms with van der Waals surface area (Å²) in [7, 11) is -3.97. The molecular formula is C23H25N3O4S. The molecule has 0 spiro atoms. The highest BCUT2D eigenvalue weighted by molar-refractivity contribution is 7.87. The third-order valence-electron chi connectivity index (χ3n) is 5.54. The molecule has 1 N–H and O–H groups in total. The Balaban J connectivity index is 1.46. The fraction of sp³-hybridized carbons (Fsp3) is 0.304. The van der Waals surface area contributed by atoms with E-state index in [-0.39, 0.29) is 22.6 Å². The first-order chi connectivity index (χ1) is 14.7. The van der Waals surface area contributed by atoms with E-state index in [2.05, 4.69) is 17.3 Å². The van der Waals surface area contributed by atoms with Crippen LogP contribution >= 0.6 is 0 Å². The van der Waals surface area contributed by atoms with Gasteiger partial charge in [-0.15, -0.1) is 0 Å². The molecule has 31 heavy (non-hydrogen) atoms. The molecule has 0 bridgehead atoms. The lowest BCUT2D eigenvalue weighted by Gasteiger charge is -2.15. The Morgan fingerprint density at radius 3 is 2.52 bits per heavy atom. The maximum atomic E-state index is 12.7. The van der Waals surface area contributed by atoms with Crippen LogP contribution in [0.1, 0.15) is 47.3 Å². The van der Waals surface area contributed by atoms with Crippen molar-refractivity contribution >= 4 is 21.8 Å². The van der Waals surface area contributed by atoms with Gasteiger partial charge < -0.3 is 9.50 Å². The van der Waals surface area contributed by atoms with Gasteiger partial charge in [0, 0.05) is 11.6 Å². The number of carbonyl (C=O) groups is 1. The zero-order chi connectivity index (χ0) is 22.2. The molecular weight excluding hydrogens is 414 g/mol. The van der Waals surface area contributed by atoms with E-state index in [9.17, 15) is 13.2 Å². The van der Waals surface area contributed by atoms with Gasteiger partial charge >= 0.3 is 10.1 Å². The van der Waals surface area contributed by atoms with Crippen LogP contribution in [-0.2, 0) is 10.1 Å². The van der Waals surface area contributed by atoms with Crippen molar-refractivity contribution in [3.05, 3.63) is 71.4 Å². The van der Waals surface area contributed by atoms with E-state index in [1.807, 2.05) is 17.7 Å². The van der Waals surface area contributed by atoms with Crippen LogP contribution < -0.4 is 9.50 Å². The van der Waals surface area contributed by atoms with E-state index < -0.39 is 10.1 Å². The van der Waals surface area contributed by atoms with Crippen molar-refractivity contribution in [3.8, 4) is 5.75 Å². The number of hydrogen-bond donors (Lipinski definition) is 1. The Labute approximate surface area is 182 Å². The van der Waals surface area contributed by atoms with Crippen LogP contribution in [0.2, 0.25) is 0 Å². The lowest BCUT2D eigenvalue weighted by molar-refractivity contribution is 0.102. The van der Waals surface area contributed by atoms with E-state index in [0.717, 1.165) is 5.56 Å². The van der Waals surface area contributed by atoms with Gasteiger partial charge in [-0.2, -0.15) is 13.5 Å². The van der Waals surface area contributed by atoms with Crippen molar-refractivity contribution in [2.45, 2.75) is 44.6 Å². The average Bonchev–Trinajstić information content (AvgIpc) is 3.48. The quantitative estimate of drug-likeness (QED) is 0.548. The number of anilines is 1. The van der Waals surface area contributed by atoms with Gasteiger partial charge in [0.2, 0.25) is 0 Å². The summed E-state index contributed by atoms with van der Waals surface area (Å²) in [5.74, 6) is 1.09. The molecule has 4 rings (SSSR count). The Morgan fingerprint density at radius 1 is 1.13 bits per heavy atom. The van der Waals surface area contributed by atoms with Gasteiger partial charge in [-0.3, -0.25) is 4.79 Å². The van der Waals surface area contributed by atoms with Crippen molar-refractivity contribution < 1.29 is 17.4 Å². The number of benzene rings is 2. The largest absolute Gasteiger partial charge is 0.379 e. The first kappa shape index (κ1) is 21.1. The van der Waals surface area contributed by atoms with E-state index in [0.29, 0.717) is 22.9 Å². The second-order valence-corrected chi connectivity index (χ2v) is 9.54. The highest BCUT2D eigenvalue weighted by atomic mass is 32.2. The van der Waals surface area contributed by atoms with Crippen LogP contribution in [0.25, 0.3) is 0 Å². The summed E-state index contributed by atoms with van der Waals surface area (Å²) in [6.45, 7) is 5.64. The number of aromatic nitrogens is 2. The Bertz CT molecular complexity index is 1210. The molecule has 162 valence electrons. The molecule has 0 aliphatic heterocycles. The van der Waals surface area contributed by atoms with E-state index in [1.165, 1.54) is 37.1 Å². The van der Waals surface area contributed by atoms with Gasteiger partial charge in [0.15, 0.2) is 0 Å². The third kappa shape index (κ3) is 4.64. The fourth-order valence-electron chi connectivity index (χ4n) is 3.51. The molecule has 1 aromatic heterocycles. The van der Waals surface area contributed by atoms with Crippen LogP contribution in [0, 0.1) is 19.8 Å². The topological polar surface area (TPSA) is 90.3 Å². The summed E-state index contributed by atoms with van der Waals surface area (Å²) >= 11 is 0. The molecule has 1 saturated carbocycles. The molecule has 7 nitrogen and oxygen atoms in total. The standard InChI is InChI=1S/C23H25N3O4S/c1-15-4-5-16(2)21(14-15)31(28,29)30-20-10-8-19(9-11-20)23(27)25-22-12-13-24-26(22)17(3)18-6-7-18/h4-5,8-14,17-18H,6-7H2,1-3H3,(H,25,27). The number of amides is 1. The number of nitrogens with one attached hydrogen (secondary N) is 1. The molecule has 8 heteroatoms. The minimum absolute atomic E-state index is 0.132. The smallest absolute Gasteiger partial charge is 0.339 e. The average molecular weight is 440 g/mol. The minimum Gasteiger partial charge on any atom is -0.379 e. The van der Waals surface area contributed by atoms with Crippen LogP contribution in [-0.4, -0.2) is 24.1 Å². The lowest BCUT2D eigenvalue weighted by Crippen LogP contribution is -2.18. The minimum atomic E-state index is -3.97. The van der Waals surface area contributed by atoms with Gasteiger partial charge in [0.25, 0.3) is 5.91 Å². The molecule has 1 fully saturated rings. The second kappa shape index (κ2) is 8.19. The summed E-state index contributed by atoms with van der Waals surface area (Å²) in [5, 5.41) is 7.22. The summed E-state index contributed by atoms with van der Waals surface area (Å²) in [6.07, 6.45) is 4.03. The fourth-order valence-corrected chi connectivity index (χ4v) is 4.76. The zero-order valence-corrected chi connectivity index (χ0v) is 18.5. The van der Waals surface area contributed by atoms with Crippen molar-refractivity contribution in [1.29, 1.82) is 0 Å². The maximum absolute atomic E-state index is 12.7. The molecule has 1 unspecified atom stereocenters. The van der Waals surface area contributed by atoms with Gasteiger partial charge in [0.05, 0.1) is 12.2 Å². The normalized spacial score (nSPS) is 14.8. The number of nitrogens with zero attached hydrogens (tertiary/aromatic N) is 2. The van der Waals surface area contributed by atoms with Crippen molar-refractivity contribution in [3.63, 3.8) is 0 Å². The van der Waals surface area contributed by atoms with Gasteiger partial charge in [-0.25, -0.2) is 4.68 Å². The van der Waals surface area contributed by atoms with E-state index >= 15 is 0 Å². The monoisotopic (exact) mass is 439 g/mol. The summed E-state index contributed by atoms with van der Waals surface area (Å²) in [4.78, 5) is 12.8. The van der Waals surface area contributed by atoms with Gasteiger partial charge in [0.1, 0.15) is 16.5 Å². The SMILES string of the molecule is Cc1ccc(C)c(S(=O)(=O)Oc2ccc(C(=O)Nc3ccnn3C(C)C3CC3)cc2)c1. The highest BCUT2D eigenvalue weighted by Crippen LogP contribution is 2.40. The molecule has 2 aromatic carbocycles. The zero-order valence-electron chi connectivity index (χ0n) is 17.7. The number of aryl methyl sites for hydroxylation is 2. The Morgan fingerprint density at radius 2 is 1.84 bits per heavy atom. The van der Waals surface area contributed by atoms with Crippen LogP contribution in [0.3, 0.4) is 0 Å². The molecule has 3 aromatic rings. The molecule has 1 aliphatic carbocycles. The molecule has 0 saturated heterocycles. The van der Waals surface area contributed by atoms with Crippen LogP contribution in [0.4, 0.5) is 5.82 Å². The molecule has 1 atom stereocenters. The van der Waals surface area contributed by atoms with Gasteiger partial charge in [-0.1, -0.05) is 12.1 Å². The summed E-state index contributed by atoms with van der Waals surface area (Å²) in [6, 6.07) is 13.2. The highest BCUT2D eigenvalue weighted by Gasteiger charge is 2.30. The van der Waals surface area contributed by atoms with Crippen molar-refractivity contribution in [1.82, 2.24) is 9.78 Å². The lowest BCUT2D eigenvalue weighted by atomic mass is 10.2. The molecule has 1 amide bonds. The molecule has 0 radical (unpaired) electrons. The first-order valence-corrected chi connectivity index (χ1v) is 11.6. The van der Waals surface area contributed by atoms with E-state index in [4.69, 9.17) is 4.18 Å². The second-order valence-electron chi connectivity index (χ2n) is 8.02. The van der Waals surface area contributed by atoms with Crippen molar-refractivity contribution in [2.24, 2.45) is 5.92 Å². The van der Waals surface area contributed by atoms with Crippen LogP contribution in [0.15, 0.2) is 59.6 Å². The van der Waals surface area contributed by atoms with E-state index in [1.54, 1.807) is 31.3 Å². The Hall–Kier alpha value is -3.13. The maximum Gasteiger partial charge on any atom is 0.339 e. The number of carbonyl (C=O) groups excluding carboxylic acids is 1. The summed E-state index contributed by atoms with van der Waals surface area (Å²) in [5.41, 5.74) is 1.83. The number of hydrogen-bond acceptors (Lipinski definition) is 5. The first-order valence-electron chi connectivity index (χ1n) is 10.2. The molecule has 1 heterocycles. The summed E-state index contributed by atoms with van der Waals surface area (Å²) < 4.78 is 32.4. The number of rotatable bonds is 7. The Kier molecular flexibility index (Phi) is 5.58. The van der Waals surface area contributed by atoms with Crippen LogP contribution in [0.5, 0.6) is 5.75 Å². The van der Waals surface area contributed by atoms with Gasteiger partial charge in [-0.05, 0) is 81.0 Å². The predicted octanol–water partition coefficient (Wildman–Crippen LogP) is 4.49.